The molecule has 1 amide bonds. The van der Waals surface area contributed by atoms with E-state index in [9.17, 15) is 9.59 Å². The van der Waals surface area contributed by atoms with Gasteiger partial charge >= 0.3 is 6.09 Å². The van der Waals surface area contributed by atoms with E-state index in [1.54, 1.807) is 22.1 Å². The zero-order chi connectivity index (χ0) is 22.9. The number of fused-ring (bicyclic) bond motifs is 1. The van der Waals surface area contributed by atoms with Crippen LogP contribution in [0.25, 0.3) is 0 Å². The maximum Gasteiger partial charge on any atom is 0.410 e. The summed E-state index contributed by atoms with van der Waals surface area (Å²) >= 11 is 5.72. The highest BCUT2D eigenvalue weighted by Gasteiger charge is 2.59. The number of benzene rings is 2. The molecule has 2 aliphatic rings. The molecule has 2 aromatic carbocycles. The van der Waals surface area contributed by atoms with E-state index in [4.69, 9.17) is 21.8 Å². The molecule has 4 rings (SSSR count). The molecule has 32 heavy (non-hydrogen) atoms. The van der Waals surface area contributed by atoms with Crippen LogP contribution in [0.15, 0.2) is 60.7 Å². The summed E-state index contributed by atoms with van der Waals surface area (Å²) in [6.07, 6.45) is -0.291. The summed E-state index contributed by atoms with van der Waals surface area (Å²) in [6.45, 7) is 6.84. The van der Waals surface area contributed by atoms with E-state index in [2.05, 4.69) is 0 Å². The second kappa shape index (κ2) is 8.64. The first-order valence-corrected chi connectivity index (χ1v) is 11.2. The molecular formula is C25H28N2O4S. The highest BCUT2D eigenvalue weighted by atomic mass is 32.1. The molecule has 0 N–H and O–H groups in total. The van der Waals surface area contributed by atoms with Gasteiger partial charge in [0.2, 0.25) is 0 Å². The average molecular weight is 453 g/mol. The molecule has 2 fully saturated rings. The van der Waals surface area contributed by atoms with Crippen molar-refractivity contribution in [2.75, 3.05) is 19.7 Å². The molecule has 168 valence electrons. The van der Waals surface area contributed by atoms with Gasteiger partial charge < -0.3 is 9.64 Å². The topological polar surface area (TPSA) is 59.1 Å². The number of carbonyl (C=O) groups excluding carboxylic acids is 2. The highest BCUT2D eigenvalue weighted by molar-refractivity contribution is 7.80. The van der Waals surface area contributed by atoms with E-state index in [0.29, 0.717) is 30.2 Å². The Labute approximate surface area is 194 Å². The zero-order valence-corrected chi connectivity index (χ0v) is 19.4. The number of rotatable bonds is 4. The number of hydrogen-bond donors (Lipinski definition) is 0. The summed E-state index contributed by atoms with van der Waals surface area (Å²) < 4.78 is 5.63. The molecule has 2 aliphatic heterocycles. The van der Waals surface area contributed by atoms with Gasteiger partial charge in [0.25, 0.3) is 0 Å². The van der Waals surface area contributed by atoms with Crippen molar-refractivity contribution < 1.29 is 19.2 Å². The molecule has 0 saturated carbocycles. The molecule has 0 aliphatic carbocycles. The van der Waals surface area contributed by atoms with Crippen molar-refractivity contribution in [1.29, 1.82) is 0 Å². The van der Waals surface area contributed by atoms with E-state index < -0.39 is 11.1 Å². The van der Waals surface area contributed by atoms with Crippen LogP contribution in [-0.4, -0.2) is 52.1 Å². The Morgan fingerprint density at radius 1 is 1.09 bits per heavy atom. The molecule has 6 nitrogen and oxygen atoms in total. The Balaban J connectivity index is 1.62. The van der Waals surface area contributed by atoms with Gasteiger partial charge in [0.05, 0.1) is 19.6 Å². The van der Waals surface area contributed by atoms with Crippen LogP contribution in [0.3, 0.4) is 0 Å². The van der Waals surface area contributed by atoms with Gasteiger partial charge in [0.1, 0.15) is 16.1 Å². The third-order valence-corrected chi connectivity index (χ3v) is 6.18. The number of hydroxylamine groups is 2. The number of thiocarbonyl (C=S) groups is 1. The molecule has 0 spiro atoms. The molecule has 0 radical (unpaired) electrons. The summed E-state index contributed by atoms with van der Waals surface area (Å²) in [5.41, 5.74) is 0.373. The van der Waals surface area contributed by atoms with Crippen LogP contribution in [0.5, 0.6) is 0 Å². The van der Waals surface area contributed by atoms with Gasteiger partial charge in [-0.2, -0.15) is 0 Å². The van der Waals surface area contributed by atoms with Crippen LogP contribution >= 0.6 is 12.2 Å². The second-order valence-electron chi connectivity index (χ2n) is 9.30. The van der Waals surface area contributed by atoms with Crippen molar-refractivity contribution in [2.24, 2.45) is 5.92 Å². The molecule has 2 saturated heterocycles. The van der Waals surface area contributed by atoms with Gasteiger partial charge in [0, 0.05) is 18.0 Å². The predicted molar refractivity (Wildman–Crippen MR) is 125 cm³/mol. The van der Waals surface area contributed by atoms with Gasteiger partial charge in [-0.25, -0.2) is 9.86 Å². The second-order valence-corrected chi connectivity index (χ2v) is 9.77. The lowest BCUT2D eigenvalue weighted by atomic mass is 9.81. The lowest BCUT2D eigenvalue weighted by molar-refractivity contribution is -0.104. The summed E-state index contributed by atoms with van der Waals surface area (Å²) in [5.74, 6) is -0.0601. The predicted octanol–water partition coefficient (Wildman–Crippen LogP) is 4.60. The average Bonchev–Trinajstić information content (AvgIpc) is 3.31. The van der Waals surface area contributed by atoms with E-state index in [1.807, 2.05) is 69.3 Å². The van der Waals surface area contributed by atoms with Crippen LogP contribution in [0.4, 0.5) is 4.79 Å². The Hall–Kier alpha value is -2.77. The lowest BCUT2D eigenvalue weighted by Crippen LogP contribution is -2.49. The molecule has 2 atom stereocenters. The Kier molecular flexibility index (Phi) is 6.05. The maximum atomic E-state index is 12.9. The van der Waals surface area contributed by atoms with E-state index in [1.165, 1.54) is 0 Å². The monoisotopic (exact) mass is 452 g/mol. The smallest absolute Gasteiger partial charge is 0.410 e. The van der Waals surface area contributed by atoms with E-state index in [0.717, 1.165) is 5.56 Å². The van der Waals surface area contributed by atoms with Gasteiger partial charge in [-0.05, 0) is 26.3 Å². The van der Waals surface area contributed by atoms with Crippen LogP contribution in [0.2, 0.25) is 0 Å². The van der Waals surface area contributed by atoms with Gasteiger partial charge in [-0.15, -0.1) is 0 Å². The van der Waals surface area contributed by atoms with E-state index in [-0.39, 0.29) is 24.2 Å². The summed E-state index contributed by atoms with van der Waals surface area (Å²) in [4.78, 5) is 33.9. The molecular weight excluding hydrogens is 424 g/mol. The number of ether oxygens (including phenoxy) is 1. The van der Waals surface area contributed by atoms with Crippen molar-refractivity contribution in [2.45, 2.75) is 38.3 Å². The summed E-state index contributed by atoms with van der Waals surface area (Å²) in [6, 6.07) is 19.0. The zero-order valence-electron chi connectivity index (χ0n) is 18.6. The molecule has 2 heterocycles. The maximum absolute atomic E-state index is 12.9. The van der Waals surface area contributed by atoms with Crippen LogP contribution in [-0.2, 0) is 15.1 Å². The van der Waals surface area contributed by atoms with Crippen molar-refractivity contribution in [1.82, 2.24) is 9.96 Å². The molecule has 2 aromatic rings. The first-order valence-electron chi connectivity index (χ1n) is 10.8. The highest BCUT2D eigenvalue weighted by Crippen LogP contribution is 2.47. The fourth-order valence-electron chi connectivity index (χ4n) is 4.47. The summed E-state index contributed by atoms with van der Waals surface area (Å²) in [7, 11) is 0. The number of carbonyl (C=O) groups is 2. The first kappa shape index (κ1) is 22.4. The fourth-order valence-corrected chi connectivity index (χ4v) is 4.82. The third-order valence-electron chi connectivity index (χ3n) is 5.87. The normalized spacial score (nSPS) is 22.5. The van der Waals surface area contributed by atoms with Gasteiger partial charge in [0.15, 0.2) is 5.78 Å². The van der Waals surface area contributed by atoms with Gasteiger partial charge in [-0.1, -0.05) is 72.9 Å². The quantitative estimate of drug-likeness (QED) is 0.499. The largest absolute Gasteiger partial charge is 0.444 e. The number of amides is 1. The van der Waals surface area contributed by atoms with Crippen LogP contribution < -0.4 is 0 Å². The van der Waals surface area contributed by atoms with Gasteiger partial charge in [-0.3, -0.25) is 9.63 Å². The van der Waals surface area contributed by atoms with Crippen molar-refractivity contribution in [3.63, 3.8) is 0 Å². The number of hydrogen-bond acceptors (Lipinski definition) is 5. The molecule has 7 heteroatoms. The SMILES string of the molecule is CC(C)(C)OC(=O)N1CC2CON(C(=S)CC(=O)c3ccccc3)C2(c2ccccc2)C1. The van der Waals surface area contributed by atoms with Crippen LogP contribution in [0, 0.1) is 5.92 Å². The number of ketones is 1. The Bertz CT molecular complexity index is 1010. The first-order chi connectivity index (χ1) is 15.2. The van der Waals surface area contributed by atoms with Crippen molar-refractivity contribution in [3.8, 4) is 0 Å². The summed E-state index contributed by atoms with van der Waals surface area (Å²) in [5, 5.41) is 1.70. The Morgan fingerprint density at radius 3 is 2.34 bits per heavy atom. The van der Waals surface area contributed by atoms with Crippen molar-refractivity contribution >= 4 is 29.1 Å². The Morgan fingerprint density at radius 2 is 1.72 bits per heavy atom. The number of likely N-dealkylation sites (tertiary alicyclic amines) is 1. The molecule has 0 bridgehead atoms. The minimum Gasteiger partial charge on any atom is -0.444 e. The molecule has 0 aromatic heterocycles. The third kappa shape index (κ3) is 4.27. The van der Waals surface area contributed by atoms with Crippen molar-refractivity contribution in [3.05, 3.63) is 71.8 Å². The van der Waals surface area contributed by atoms with Crippen LogP contribution in [0.1, 0.15) is 43.1 Å². The van der Waals surface area contributed by atoms with E-state index >= 15 is 0 Å². The minimum absolute atomic E-state index is 0.00203. The standard InChI is InChI=1S/C25H28N2O4S/c1-24(2,3)31-23(29)26-15-20-16-30-27(25(20,17-26)19-12-8-5-9-13-19)22(32)14-21(28)18-10-6-4-7-11-18/h4-13,20H,14-17H2,1-3H3. The molecule has 2 unspecified atom stereocenters. The fraction of sp³-hybridized carbons (Fsp3) is 0.400. The lowest BCUT2D eigenvalue weighted by Gasteiger charge is -2.38. The minimum atomic E-state index is -0.661. The number of nitrogens with zero attached hydrogens (tertiary/aromatic N) is 2. The number of Topliss-reactive ketones (excluding diaryl/α,β-unsaturated/α-hetero) is 1.